The number of unbranched alkanes of at least 4 members (excludes halogenated alkanes) is 11. The quantitative estimate of drug-likeness (QED) is 0.0353. The Bertz CT molecular complexity index is 845. The Kier molecular flexibility index (Phi) is 36.2. The minimum absolute atomic E-state index is 0.00292. The standard InChI is InChI=1S/C48H96NO4P/c1-41(2)31-33-45(43(5)6)27-18-17-22-36-52-47(50)29-19-13-11-15-23-38-54(40-25-21-35-49(9)10)39-24-16-12-14-20-30-48(51)53-37-26-28-46(44(7)8)34-32-42(3)4/h41-46H,11-40H2,1-10H3. The zero-order valence-electron chi connectivity index (χ0n) is 38.2. The second kappa shape index (κ2) is 36.7. The topological polar surface area (TPSA) is 55.8 Å². The van der Waals surface area contributed by atoms with E-state index in [1.165, 1.54) is 128 Å². The predicted octanol–water partition coefficient (Wildman–Crippen LogP) is 14.3. The van der Waals surface area contributed by atoms with Gasteiger partial charge in [0.25, 0.3) is 0 Å². The van der Waals surface area contributed by atoms with E-state index in [4.69, 9.17) is 9.47 Å². The molecule has 0 aliphatic carbocycles. The summed E-state index contributed by atoms with van der Waals surface area (Å²) < 4.78 is 11.1. The zero-order valence-corrected chi connectivity index (χ0v) is 39.1. The lowest BCUT2D eigenvalue weighted by molar-refractivity contribution is -0.144. The molecule has 0 radical (unpaired) electrons. The molecular weight excluding hydrogens is 686 g/mol. The third kappa shape index (κ3) is 35.7. The number of hydrogen-bond donors (Lipinski definition) is 0. The highest BCUT2D eigenvalue weighted by molar-refractivity contribution is 7.57. The van der Waals surface area contributed by atoms with Crippen LogP contribution in [0.15, 0.2) is 0 Å². The van der Waals surface area contributed by atoms with Crippen molar-refractivity contribution < 1.29 is 19.1 Å². The van der Waals surface area contributed by atoms with Crippen molar-refractivity contribution in [3.63, 3.8) is 0 Å². The molecule has 0 heterocycles. The molecule has 0 aromatic carbocycles. The normalized spacial score (nSPS) is 13.8. The fourth-order valence-corrected chi connectivity index (χ4v) is 10.3. The van der Waals surface area contributed by atoms with Gasteiger partial charge in [-0.1, -0.05) is 126 Å². The molecule has 0 saturated heterocycles. The fourth-order valence-electron chi connectivity index (χ4n) is 7.63. The highest BCUT2D eigenvalue weighted by atomic mass is 31.1. The first-order valence-corrected chi connectivity index (χ1v) is 25.4. The Hall–Kier alpha value is -0.670. The Labute approximate surface area is 340 Å². The lowest BCUT2D eigenvalue weighted by Gasteiger charge is -2.21. The van der Waals surface area contributed by atoms with Gasteiger partial charge in [0.2, 0.25) is 0 Å². The molecule has 0 aromatic rings. The number of hydrogen-bond acceptors (Lipinski definition) is 5. The van der Waals surface area contributed by atoms with Crippen LogP contribution in [0.4, 0.5) is 0 Å². The van der Waals surface area contributed by atoms with Gasteiger partial charge in [0.05, 0.1) is 13.2 Å². The van der Waals surface area contributed by atoms with Crippen LogP contribution in [0.1, 0.15) is 209 Å². The van der Waals surface area contributed by atoms with Gasteiger partial charge >= 0.3 is 11.9 Å². The molecule has 54 heavy (non-hydrogen) atoms. The van der Waals surface area contributed by atoms with Crippen LogP contribution in [-0.4, -0.2) is 69.2 Å². The van der Waals surface area contributed by atoms with Gasteiger partial charge in [-0.3, -0.25) is 9.59 Å². The summed E-state index contributed by atoms with van der Waals surface area (Å²) in [5.41, 5.74) is 0. The molecule has 0 rings (SSSR count). The van der Waals surface area contributed by atoms with Gasteiger partial charge in [0.15, 0.2) is 0 Å². The average molecular weight is 782 g/mol. The third-order valence-corrected chi connectivity index (χ3v) is 14.5. The number of nitrogens with zero attached hydrogens (tertiary/aromatic N) is 1. The predicted molar refractivity (Wildman–Crippen MR) is 239 cm³/mol. The van der Waals surface area contributed by atoms with Gasteiger partial charge in [-0.05, 0) is 145 Å². The van der Waals surface area contributed by atoms with Crippen LogP contribution in [0.25, 0.3) is 0 Å². The first kappa shape index (κ1) is 53.3. The third-order valence-electron chi connectivity index (χ3n) is 11.6. The summed E-state index contributed by atoms with van der Waals surface area (Å²) in [7, 11) is 4.48. The van der Waals surface area contributed by atoms with Crippen molar-refractivity contribution in [2.45, 2.75) is 209 Å². The lowest BCUT2D eigenvalue weighted by atomic mass is 9.85. The summed E-state index contributed by atoms with van der Waals surface area (Å²) in [4.78, 5) is 26.8. The Balaban J connectivity index is 4.06. The van der Waals surface area contributed by atoms with Crippen LogP contribution in [0, 0.1) is 35.5 Å². The van der Waals surface area contributed by atoms with E-state index in [1.54, 1.807) is 0 Å². The van der Waals surface area contributed by atoms with Crippen molar-refractivity contribution in [1.82, 2.24) is 4.90 Å². The number of ether oxygens (including phenoxy) is 2. The van der Waals surface area contributed by atoms with Crippen molar-refractivity contribution in [1.29, 1.82) is 0 Å². The van der Waals surface area contributed by atoms with E-state index in [0.717, 1.165) is 68.1 Å². The highest BCUT2D eigenvalue weighted by Gasteiger charge is 2.15. The van der Waals surface area contributed by atoms with E-state index in [2.05, 4.69) is 74.4 Å². The van der Waals surface area contributed by atoms with E-state index in [0.29, 0.717) is 32.0 Å². The van der Waals surface area contributed by atoms with Gasteiger partial charge < -0.3 is 14.4 Å². The van der Waals surface area contributed by atoms with E-state index >= 15 is 0 Å². The van der Waals surface area contributed by atoms with E-state index in [9.17, 15) is 9.59 Å². The van der Waals surface area contributed by atoms with Gasteiger partial charge in [-0.15, -0.1) is 7.92 Å². The number of esters is 2. The van der Waals surface area contributed by atoms with Gasteiger partial charge in [0.1, 0.15) is 0 Å². The molecule has 0 spiro atoms. The maximum absolute atomic E-state index is 12.3. The SMILES string of the molecule is CC(C)CCC(CCCCCOC(=O)CCCCCCCP(CCCCCCCC(=O)OCCCC(CCC(C)C)C(C)C)CCCCN(C)C)C(C)C. The monoisotopic (exact) mass is 782 g/mol. The first-order chi connectivity index (χ1) is 25.8. The van der Waals surface area contributed by atoms with E-state index in [1.807, 2.05) is 0 Å². The molecule has 322 valence electrons. The molecule has 3 unspecified atom stereocenters. The summed E-state index contributed by atoms with van der Waals surface area (Å²) >= 11 is 0. The second-order valence-corrected chi connectivity index (χ2v) is 21.5. The Morgan fingerprint density at radius 2 is 0.833 bits per heavy atom. The Morgan fingerprint density at radius 1 is 0.444 bits per heavy atom. The van der Waals surface area contributed by atoms with Crippen molar-refractivity contribution in [3.05, 3.63) is 0 Å². The van der Waals surface area contributed by atoms with Crippen molar-refractivity contribution >= 4 is 19.9 Å². The van der Waals surface area contributed by atoms with Gasteiger partial charge in [-0.25, -0.2) is 0 Å². The van der Waals surface area contributed by atoms with E-state index in [-0.39, 0.29) is 19.9 Å². The molecule has 0 saturated carbocycles. The zero-order chi connectivity index (χ0) is 40.4. The Morgan fingerprint density at radius 3 is 1.28 bits per heavy atom. The van der Waals surface area contributed by atoms with Gasteiger partial charge in [0, 0.05) is 12.8 Å². The summed E-state index contributed by atoms with van der Waals surface area (Å²) in [6, 6.07) is 0. The number of carbonyl (C=O) groups is 2. The maximum atomic E-state index is 12.3. The molecule has 6 heteroatoms. The second-order valence-electron chi connectivity index (χ2n) is 18.8. The van der Waals surface area contributed by atoms with Gasteiger partial charge in [-0.2, -0.15) is 0 Å². The number of rotatable bonds is 39. The molecule has 0 N–H and O–H groups in total. The molecule has 0 aromatic heterocycles. The molecule has 0 fully saturated rings. The minimum atomic E-state index is 0.00292. The van der Waals surface area contributed by atoms with Crippen LogP contribution >= 0.6 is 7.92 Å². The van der Waals surface area contributed by atoms with Crippen LogP contribution in [0.2, 0.25) is 0 Å². The van der Waals surface area contributed by atoms with Crippen LogP contribution in [0.3, 0.4) is 0 Å². The molecule has 0 aliphatic heterocycles. The average Bonchev–Trinajstić information content (AvgIpc) is 3.10. The summed E-state index contributed by atoms with van der Waals surface area (Å²) in [6.07, 6.45) is 32.3. The van der Waals surface area contributed by atoms with E-state index < -0.39 is 0 Å². The maximum Gasteiger partial charge on any atom is 0.305 e. The largest absolute Gasteiger partial charge is 0.466 e. The molecule has 3 atom stereocenters. The molecule has 5 nitrogen and oxygen atoms in total. The molecule has 0 bridgehead atoms. The van der Waals surface area contributed by atoms with Crippen LogP contribution in [0.5, 0.6) is 0 Å². The smallest absolute Gasteiger partial charge is 0.305 e. The van der Waals surface area contributed by atoms with Crippen LogP contribution < -0.4 is 0 Å². The summed E-state index contributed by atoms with van der Waals surface area (Å²) in [5, 5.41) is 0. The summed E-state index contributed by atoms with van der Waals surface area (Å²) in [6.45, 7) is 21.0. The molecule has 0 amide bonds. The molecule has 0 aliphatic rings. The van der Waals surface area contributed by atoms with Crippen molar-refractivity contribution in [2.75, 3.05) is 52.3 Å². The fraction of sp³-hybridized carbons (Fsp3) is 0.958. The minimum Gasteiger partial charge on any atom is -0.466 e. The highest BCUT2D eigenvalue weighted by Crippen LogP contribution is 2.39. The first-order valence-electron chi connectivity index (χ1n) is 23.5. The van der Waals surface area contributed by atoms with Crippen molar-refractivity contribution in [3.8, 4) is 0 Å². The van der Waals surface area contributed by atoms with Crippen LogP contribution in [-0.2, 0) is 19.1 Å². The summed E-state index contributed by atoms with van der Waals surface area (Å²) in [5.74, 6) is 4.62. The van der Waals surface area contributed by atoms with Crippen molar-refractivity contribution in [2.24, 2.45) is 35.5 Å². The lowest BCUT2D eigenvalue weighted by Crippen LogP contribution is -2.13. The molecular formula is C48H96NO4P. The number of carbonyl (C=O) groups excluding carboxylic acids is 2.